The SMILES string of the molecule is Cc1cc(N2CCN(C(=O)c3ccccc3-n3nccn3)C(C)C(C)O2)nc(C)n1. The van der Waals surface area contributed by atoms with E-state index >= 15 is 0 Å². The lowest BCUT2D eigenvalue weighted by Crippen LogP contribution is -2.44. The summed E-state index contributed by atoms with van der Waals surface area (Å²) < 4.78 is 0. The maximum Gasteiger partial charge on any atom is 0.256 e. The van der Waals surface area contributed by atoms with E-state index in [1.54, 1.807) is 23.5 Å². The van der Waals surface area contributed by atoms with E-state index in [1.807, 2.05) is 56.9 Å². The van der Waals surface area contributed by atoms with E-state index in [4.69, 9.17) is 4.84 Å². The van der Waals surface area contributed by atoms with Crippen LogP contribution in [-0.2, 0) is 4.84 Å². The molecule has 0 aliphatic carbocycles. The lowest BCUT2D eigenvalue weighted by molar-refractivity contribution is 0.0168. The van der Waals surface area contributed by atoms with Gasteiger partial charge in [-0.25, -0.2) is 15.0 Å². The zero-order valence-electron chi connectivity index (χ0n) is 17.6. The second kappa shape index (κ2) is 8.19. The predicted molar refractivity (Wildman–Crippen MR) is 111 cm³/mol. The van der Waals surface area contributed by atoms with Crippen molar-refractivity contribution in [1.82, 2.24) is 29.9 Å². The Bertz CT molecular complexity index is 1020. The fraction of sp³-hybridized carbons (Fsp3) is 0.381. The first-order valence-corrected chi connectivity index (χ1v) is 9.97. The highest BCUT2D eigenvalue weighted by atomic mass is 16.7. The molecule has 1 aliphatic rings. The number of amides is 1. The molecule has 1 amide bonds. The number of aryl methyl sites for hydroxylation is 2. The van der Waals surface area contributed by atoms with Gasteiger partial charge < -0.3 is 4.90 Å². The molecule has 1 fully saturated rings. The van der Waals surface area contributed by atoms with Crippen LogP contribution in [0.5, 0.6) is 0 Å². The van der Waals surface area contributed by atoms with Gasteiger partial charge in [0.15, 0.2) is 5.82 Å². The van der Waals surface area contributed by atoms with E-state index in [9.17, 15) is 4.79 Å². The lowest BCUT2D eigenvalue weighted by Gasteiger charge is -2.29. The molecule has 3 aromatic rings. The Morgan fingerprint density at radius 1 is 1.07 bits per heavy atom. The second-order valence-electron chi connectivity index (χ2n) is 7.40. The first-order valence-electron chi connectivity index (χ1n) is 9.97. The zero-order chi connectivity index (χ0) is 21.3. The minimum absolute atomic E-state index is 0.0808. The van der Waals surface area contributed by atoms with E-state index < -0.39 is 0 Å². The van der Waals surface area contributed by atoms with Gasteiger partial charge >= 0.3 is 0 Å². The van der Waals surface area contributed by atoms with Gasteiger partial charge in [-0.2, -0.15) is 15.0 Å². The first-order chi connectivity index (χ1) is 14.4. The number of anilines is 1. The van der Waals surface area contributed by atoms with Crippen molar-refractivity contribution < 1.29 is 9.63 Å². The normalized spacial score (nSPS) is 19.6. The van der Waals surface area contributed by atoms with Gasteiger partial charge in [-0.15, -0.1) is 0 Å². The third kappa shape index (κ3) is 3.88. The fourth-order valence-electron chi connectivity index (χ4n) is 3.60. The molecule has 156 valence electrons. The van der Waals surface area contributed by atoms with Gasteiger partial charge in [0.1, 0.15) is 11.9 Å². The third-order valence-corrected chi connectivity index (χ3v) is 5.25. The van der Waals surface area contributed by atoms with Crippen LogP contribution in [0.15, 0.2) is 42.7 Å². The average molecular weight is 407 g/mol. The van der Waals surface area contributed by atoms with Crippen molar-refractivity contribution in [3.05, 3.63) is 59.8 Å². The standard InChI is InChI=1S/C21H25N7O2/c1-14-13-20(25-17(4)24-14)27-12-11-26(15(2)16(3)30-27)21(29)18-7-5-6-8-19(18)28-22-9-10-23-28/h5-10,13,15-16H,11-12H2,1-4H3. The summed E-state index contributed by atoms with van der Waals surface area (Å²) in [6.07, 6.45) is 2.96. The summed E-state index contributed by atoms with van der Waals surface area (Å²) in [4.78, 5) is 31.8. The molecule has 3 heterocycles. The summed E-state index contributed by atoms with van der Waals surface area (Å²) in [5.41, 5.74) is 2.07. The monoisotopic (exact) mass is 407 g/mol. The van der Waals surface area contributed by atoms with E-state index in [2.05, 4.69) is 20.2 Å². The molecule has 9 heteroatoms. The Morgan fingerprint density at radius 2 is 1.80 bits per heavy atom. The van der Waals surface area contributed by atoms with E-state index in [1.165, 1.54) is 4.80 Å². The van der Waals surface area contributed by atoms with Crippen LogP contribution in [0.25, 0.3) is 5.69 Å². The van der Waals surface area contributed by atoms with Crippen molar-refractivity contribution >= 4 is 11.7 Å². The highest BCUT2D eigenvalue weighted by Gasteiger charge is 2.33. The van der Waals surface area contributed by atoms with Gasteiger partial charge in [-0.05, 0) is 39.8 Å². The van der Waals surface area contributed by atoms with Crippen molar-refractivity contribution in [3.8, 4) is 5.69 Å². The minimum atomic E-state index is -0.220. The highest BCUT2D eigenvalue weighted by Crippen LogP contribution is 2.23. The van der Waals surface area contributed by atoms with Crippen molar-refractivity contribution in [1.29, 1.82) is 0 Å². The van der Waals surface area contributed by atoms with Crippen LogP contribution in [0.1, 0.15) is 35.7 Å². The predicted octanol–water partition coefficient (Wildman–Crippen LogP) is 2.35. The second-order valence-corrected chi connectivity index (χ2v) is 7.40. The smallest absolute Gasteiger partial charge is 0.256 e. The Kier molecular flexibility index (Phi) is 5.45. The Morgan fingerprint density at radius 3 is 2.53 bits per heavy atom. The van der Waals surface area contributed by atoms with Gasteiger partial charge in [-0.1, -0.05) is 12.1 Å². The number of hydroxylamine groups is 1. The number of carbonyl (C=O) groups is 1. The van der Waals surface area contributed by atoms with Crippen LogP contribution in [0.3, 0.4) is 0 Å². The number of benzene rings is 1. The summed E-state index contributed by atoms with van der Waals surface area (Å²) in [7, 11) is 0. The number of nitrogens with zero attached hydrogens (tertiary/aromatic N) is 7. The number of rotatable bonds is 3. The highest BCUT2D eigenvalue weighted by molar-refractivity contribution is 5.98. The molecule has 0 bridgehead atoms. The maximum atomic E-state index is 13.5. The van der Waals surface area contributed by atoms with Crippen molar-refractivity contribution in [3.63, 3.8) is 0 Å². The van der Waals surface area contributed by atoms with Crippen LogP contribution in [-0.4, -0.2) is 61.0 Å². The average Bonchev–Trinajstić information content (AvgIpc) is 3.21. The summed E-state index contributed by atoms with van der Waals surface area (Å²) in [6.45, 7) is 8.74. The van der Waals surface area contributed by atoms with Crippen molar-refractivity contribution in [2.75, 3.05) is 18.2 Å². The van der Waals surface area contributed by atoms with Crippen molar-refractivity contribution in [2.45, 2.75) is 39.8 Å². The molecule has 0 radical (unpaired) electrons. The molecule has 2 atom stereocenters. The van der Waals surface area contributed by atoms with Crippen LogP contribution >= 0.6 is 0 Å². The molecule has 0 spiro atoms. The lowest BCUT2D eigenvalue weighted by atomic mass is 10.1. The molecule has 1 aromatic carbocycles. The Hall–Kier alpha value is -3.33. The number of aromatic nitrogens is 5. The molecule has 1 saturated heterocycles. The topological polar surface area (TPSA) is 89.3 Å². The number of para-hydroxylation sites is 1. The molecule has 1 aliphatic heterocycles. The van der Waals surface area contributed by atoms with Gasteiger partial charge in [-0.3, -0.25) is 9.63 Å². The van der Waals surface area contributed by atoms with Crippen LogP contribution in [0, 0.1) is 13.8 Å². The molecular formula is C21H25N7O2. The first kappa shape index (κ1) is 20.0. The zero-order valence-corrected chi connectivity index (χ0v) is 17.6. The Labute approximate surface area is 175 Å². The maximum absolute atomic E-state index is 13.5. The number of carbonyl (C=O) groups excluding carboxylic acids is 1. The van der Waals surface area contributed by atoms with Crippen LogP contribution in [0.4, 0.5) is 5.82 Å². The summed E-state index contributed by atoms with van der Waals surface area (Å²) >= 11 is 0. The third-order valence-electron chi connectivity index (χ3n) is 5.25. The van der Waals surface area contributed by atoms with Gasteiger partial charge in [0.25, 0.3) is 5.91 Å². The molecule has 2 aromatic heterocycles. The van der Waals surface area contributed by atoms with E-state index in [0.29, 0.717) is 36.0 Å². The molecule has 0 saturated carbocycles. The summed E-state index contributed by atoms with van der Waals surface area (Å²) in [6, 6.07) is 9.12. The number of hydrogen-bond acceptors (Lipinski definition) is 7. The molecule has 30 heavy (non-hydrogen) atoms. The number of hydrogen-bond donors (Lipinski definition) is 0. The van der Waals surface area contributed by atoms with Gasteiger partial charge in [0, 0.05) is 18.3 Å². The van der Waals surface area contributed by atoms with E-state index in [-0.39, 0.29) is 18.1 Å². The molecule has 9 nitrogen and oxygen atoms in total. The minimum Gasteiger partial charge on any atom is -0.331 e. The fourth-order valence-corrected chi connectivity index (χ4v) is 3.60. The van der Waals surface area contributed by atoms with Gasteiger partial charge in [0.2, 0.25) is 0 Å². The van der Waals surface area contributed by atoms with Crippen LogP contribution in [0.2, 0.25) is 0 Å². The molecule has 2 unspecified atom stereocenters. The summed E-state index contributed by atoms with van der Waals surface area (Å²) in [5, 5.41) is 10.1. The molecule has 4 rings (SSSR count). The quantitative estimate of drug-likeness (QED) is 0.658. The van der Waals surface area contributed by atoms with Crippen molar-refractivity contribution in [2.24, 2.45) is 0 Å². The van der Waals surface area contributed by atoms with Gasteiger partial charge in [0.05, 0.1) is 36.2 Å². The largest absolute Gasteiger partial charge is 0.331 e. The van der Waals surface area contributed by atoms with E-state index in [0.717, 1.165) is 5.69 Å². The molecular weight excluding hydrogens is 382 g/mol. The van der Waals surface area contributed by atoms with Crippen LogP contribution < -0.4 is 5.06 Å². The molecule has 0 N–H and O–H groups in total. The Balaban J connectivity index is 1.62. The summed E-state index contributed by atoms with van der Waals surface area (Å²) in [5.74, 6) is 1.31.